The van der Waals surface area contributed by atoms with E-state index in [1.54, 1.807) is 28.9 Å². The van der Waals surface area contributed by atoms with Gasteiger partial charge in [0.05, 0.1) is 11.8 Å². The largest absolute Gasteiger partial charge is 0.467 e. The normalized spacial score (nSPS) is 13.0. The highest BCUT2D eigenvalue weighted by Gasteiger charge is 2.31. The third kappa shape index (κ3) is 3.67. The molecular weight excluding hydrogens is 421 g/mol. The van der Waals surface area contributed by atoms with Crippen LogP contribution in [0.5, 0.6) is 5.88 Å². The van der Waals surface area contributed by atoms with Gasteiger partial charge in [0.2, 0.25) is 5.88 Å². The highest BCUT2D eigenvalue weighted by Crippen LogP contribution is 2.32. The second-order valence-electron chi connectivity index (χ2n) is 7.20. The van der Waals surface area contributed by atoms with Crippen LogP contribution in [-0.2, 0) is 6.18 Å². The molecule has 1 unspecified atom stereocenters. The van der Waals surface area contributed by atoms with Gasteiger partial charge in [-0.2, -0.15) is 13.2 Å². The molecule has 9 heteroatoms. The molecule has 5 aromatic rings. The van der Waals surface area contributed by atoms with Crippen molar-refractivity contribution in [2.45, 2.75) is 12.3 Å². The van der Waals surface area contributed by atoms with E-state index in [-0.39, 0.29) is 12.4 Å². The second kappa shape index (κ2) is 7.69. The van der Waals surface area contributed by atoms with Gasteiger partial charge in [0.1, 0.15) is 17.4 Å². The van der Waals surface area contributed by atoms with E-state index >= 15 is 0 Å². The van der Waals surface area contributed by atoms with Crippen LogP contribution in [0.4, 0.5) is 13.2 Å². The SMILES string of the molecule is NCC(Oc1ccc2ncc(-c3cc4ccccc4o3)n2n1)c1cccc(C(F)(F)F)c1. The summed E-state index contributed by atoms with van der Waals surface area (Å²) in [5.41, 5.74) is 7.27. The number of fused-ring (bicyclic) bond motifs is 2. The standard InChI is InChI=1S/C23H17F3N4O2/c24-23(25,26)16-6-3-5-14(10-16)20(12-27)32-22-9-8-21-28-13-17(30(21)29-22)19-11-15-4-1-2-7-18(15)31-19/h1-11,13,20H,12,27H2. The molecule has 1 atom stereocenters. The Kier molecular flexibility index (Phi) is 4.82. The van der Waals surface area contributed by atoms with Crippen molar-refractivity contribution in [3.8, 4) is 17.3 Å². The minimum atomic E-state index is -4.45. The number of nitrogens with zero attached hydrogens (tertiary/aromatic N) is 3. The lowest BCUT2D eigenvalue weighted by molar-refractivity contribution is -0.137. The number of ether oxygens (including phenoxy) is 1. The molecule has 0 amide bonds. The monoisotopic (exact) mass is 438 g/mol. The number of alkyl halides is 3. The van der Waals surface area contributed by atoms with Gasteiger partial charge in [-0.25, -0.2) is 9.50 Å². The zero-order valence-electron chi connectivity index (χ0n) is 16.6. The summed E-state index contributed by atoms with van der Waals surface area (Å²) in [6, 6.07) is 17.7. The van der Waals surface area contributed by atoms with Crippen LogP contribution < -0.4 is 10.5 Å². The number of hydrogen-bond donors (Lipinski definition) is 1. The van der Waals surface area contributed by atoms with Crippen LogP contribution in [0.25, 0.3) is 28.1 Å². The smallest absolute Gasteiger partial charge is 0.416 e. The number of hydrogen-bond acceptors (Lipinski definition) is 5. The molecule has 5 rings (SSSR count). The molecule has 32 heavy (non-hydrogen) atoms. The molecule has 3 heterocycles. The van der Waals surface area contributed by atoms with E-state index in [9.17, 15) is 13.2 Å². The summed E-state index contributed by atoms with van der Waals surface area (Å²) in [5.74, 6) is 0.775. The van der Waals surface area contributed by atoms with E-state index in [4.69, 9.17) is 14.9 Å². The molecule has 3 aromatic heterocycles. The summed E-state index contributed by atoms with van der Waals surface area (Å²) in [7, 11) is 0. The fraction of sp³-hybridized carbons (Fsp3) is 0.130. The predicted octanol–water partition coefficient (Wildman–Crippen LogP) is 5.24. The van der Waals surface area contributed by atoms with Gasteiger partial charge in [0, 0.05) is 18.0 Å². The maximum Gasteiger partial charge on any atom is 0.416 e. The number of imidazole rings is 1. The second-order valence-corrected chi connectivity index (χ2v) is 7.20. The molecule has 0 bridgehead atoms. The Bertz CT molecular complexity index is 1370. The van der Waals surface area contributed by atoms with E-state index in [0.29, 0.717) is 22.7 Å². The molecule has 162 valence electrons. The quantitative estimate of drug-likeness (QED) is 0.406. The van der Waals surface area contributed by atoms with Crippen molar-refractivity contribution in [1.29, 1.82) is 0 Å². The van der Waals surface area contributed by atoms with Crippen molar-refractivity contribution >= 4 is 16.6 Å². The summed E-state index contributed by atoms with van der Waals surface area (Å²) in [5, 5.41) is 5.40. The number of halogens is 3. The summed E-state index contributed by atoms with van der Waals surface area (Å²) in [6.07, 6.45) is -3.62. The first-order chi connectivity index (χ1) is 15.4. The van der Waals surface area contributed by atoms with Crippen molar-refractivity contribution in [3.05, 3.63) is 84.1 Å². The van der Waals surface area contributed by atoms with Crippen LogP contribution in [0.2, 0.25) is 0 Å². The highest BCUT2D eigenvalue weighted by atomic mass is 19.4. The number of aromatic nitrogens is 3. The van der Waals surface area contributed by atoms with Crippen LogP contribution in [0.15, 0.2) is 77.3 Å². The summed E-state index contributed by atoms with van der Waals surface area (Å²) in [6.45, 7) is -0.0264. The van der Waals surface area contributed by atoms with Crippen molar-refractivity contribution in [2.24, 2.45) is 5.73 Å². The first-order valence-electron chi connectivity index (χ1n) is 9.80. The van der Waals surface area contributed by atoms with Gasteiger partial charge >= 0.3 is 6.18 Å². The Morgan fingerprint density at radius 1 is 1.03 bits per heavy atom. The molecular formula is C23H17F3N4O2. The molecule has 0 saturated heterocycles. The zero-order chi connectivity index (χ0) is 22.3. The van der Waals surface area contributed by atoms with Crippen LogP contribution in [0.1, 0.15) is 17.2 Å². The maximum absolute atomic E-state index is 13.1. The fourth-order valence-corrected chi connectivity index (χ4v) is 3.51. The van der Waals surface area contributed by atoms with Crippen molar-refractivity contribution in [3.63, 3.8) is 0 Å². The van der Waals surface area contributed by atoms with Crippen molar-refractivity contribution in [2.75, 3.05) is 6.54 Å². The van der Waals surface area contributed by atoms with Crippen LogP contribution in [0.3, 0.4) is 0 Å². The molecule has 0 fully saturated rings. The maximum atomic E-state index is 13.1. The zero-order valence-corrected chi connectivity index (χ0v) is 16.6. The highest BCUT2D eigenvalue weighted by molar-refractivity contribution is 5.82. The average Bonchev–Trinajstić information content (AvgIpc) is 3.40. The summed E-state index contributed by atoms with van der Waals surface area (Å²) < 4.78 is 52.6. The first kappa shape index (κ1) is 20.1. The van der Waals surface area contributed by atoms with Gasteiger partial charge < -0.3 is 14.9 Å². The lowest BCUT2D eigenvalue weighted by Gasteiger charge is -2.18. The minimum Gasteiger partial charge on any atom is -0.467 e. The number of furan rings is 1. The van der Waals surface area contributed by atoms with Crippen molar-refractivity contribution < 1.29 is 22.3 Å². The number of nitrogens with two attached hydrogens (primary N) is 1. The Morgan fingerprint density at radius 3 is 2.66 bits per heavy atom. The van der Waals surface area contributed by atoms with E-state index in [1.807, 2.05) is 30.3 Å². The number of rotatable bonds is 5. The Morgan fingerprint density at radius 2 is 1.88 bits per heavy atom. The van der Waals surface area contributed by atoms with Gasteiger partial charge in [0.15, 0.2) is 11.4 Å². The molecule has 6 nitrogen and oxygen atoms in total. The lowest BCUT2D eigenvalue weighted by atomic mass is 10.1. The van der Waals surface area contributed by atoms with E-state index in [1.165, 1.54) is 6.07 Å². The third-order valence-electron chi connectivity index (χ3n) is 5.08. The Hall–Kier alpha value is -3.85. The fourth-order valence-electron chi connectivity index (χ4n) is 3.51. The lowest BCUT2D eigenvalue weighted by Crippen LogP contribution is -2.20. The molecule has 0 spiro atoms. The van der Waals surface area contributed by atoms with Crippen LogP contribution in [-0.4, -0.2) is 21.1 Å². The van der Waals surface area contributed by atoms with E-state index in [0.717, 1.165) is 23.1 Å². The van der Waals surface area contributed by atoms with Gasteiger partial charge in [0.25, 0.3) is 0 Å². The average molecular weight is 438 g/mol. The van der Waals surface area contributed by atoms with Gasteiger partial charge in [-0.05, 0) is 35.9 Å². The van der Waals surface area contributed by atoms with Gasteiger partial charge in [-0.1, -0.05) is 30.3 Å². The number of para-hydroxylation sites is 1. The number of benzene rings is 2. The minimum absolute atomic E-state index is 0.0264. The van der Waals surface area contributed by atoms with Gasteiger partial charge in [-0.15, -0.1) is 5.10 Å². The Labute approximate surface area is 180 Å². The van der Waals surface area contributed by atoms with Gasteiger partial charge in [-0.3, -0.25) is 0 Å². The Balaban J connectivity index is 1.49. The van der Waals surface area contributed by atoms with Crippen LogP contribution >= 0.6 is 0 Å². The summed E-state index contributed by atoms with van der Waals surface area (Å²) in [4.78, 5) is 4.34. The van der Waals surface area contributed by atoms with Crippen molar-refractivity contribution in [1.82, 2.24) is 14.6 Å². The molecule has 0 saturated carbocycles. The third-order valence-corrected chi connectivity index (χ3v) is 5.08. The molecule has 2 N–H and O–H groups in total. The molecule has 0 aliphatic carbocycles. The molecule has 0 radical (unpaired) electrons. The van der Waals surface area contributed by atoms with Crippen LogP contribution in [0, 0.1) is 0 Å². The molecule has 2 aromatic carbocycles. The molecule has 0 aliphatic heterocycles. The van der Waals surface area contributed by atoms with E-state index < -0.39 is 17.8 Å². The first-order valence-corrected chi connectivity index (χ1v) is 9.80. The summed E-state index contributed by atoms with van der Waals surface area (Å²) >= 11 is 0. The topological polar surface area (TPSA) is 78.6 Å². The van der Waals surface area contributed by atoms with E-state index in [2.05, 4.69) is 10.1 Å². The predicted molar refractivity (Wildman–Crippen MR) is 112 cm³/mol. The molecule has 0 aliphatic rings.